The molecule has 0 saturated carbocycles. The van der Waals surface area contributed by atoms with Gasteiger partial charge in [0.25, 0.3) is 21.9 Å². The molecule has 6 heterocycles. The number of thiophene rings is 3. The molecule has 10 rings (SSSR count). The molecule has 0 fully saturated rings. The van der Waals surface area contributed by atoms with Gasteiger partial charge in [-0.05, 0) is 132 Å². The van der Waals surface area contributed by atoms with Gasteiger partial charge in [-0.25, -0.2) is 22.6 Å². The van der Waals surface area contributed by atoms with E-state index in [4.69, 9.17) is 23.9 Å². The molecular weight excluding hydrogens is 1130 g/mol. The topological polar surface area (TPSA) is 256 Å². The van der Waals surface area contributed by atoms with E-state index in [1.54, 1.807) is 81.8 Å². The van der Waals surface area contributed by atoms with Crippen molar-refractivity contribution in [3.8, 4) is 17.2 Å². The summed E-state index contributed by atoms with van der Waals surface area (Å²) in [5.41, 5.74) is 0.956. The normalized spacial score (nSPS) is 10.4. The van der Waals surface area contributed by atoms with Crippen molar-refractivity contribution in [1.82, 2.24) is 30.2 Å². The molecule has 26 heteroatoms. The first-order valence-corrected chi connectivity index (χ1v) is 28.0. The van der Waals surface area contributed by atoms with Gasteiger partial charge in [0.2, 0.25) is 0 Å². The molecule has 6 N–H and O–H groups in total. The monoisotopic (exact) mass is 1180 g/mol. The van der Waals surface area contributed by atoms with Crippen LogP contribution in [0.5, 0.6) is 17.2 Å². The second-order valence-corrected chi connectivity index (χ2v) is 20.8. The molecule has 1 amide bonds. The number of nitrogens with zero attached hydrogens (tertiary/aromatic N) is 5. The zero-order valence-electron chi connectivity index (χ0n) is 42.8. The number of carbonyl (C=O) groups excluding carboxylic acids is 2. The molecule has 0 bridgehead atoms. The highest BCUT2D eigenvalue weighted by molar-refractivity contribution is 7.85. The highest BCUT2D eigenvalue weighted by Gasteiger charge is 2.19. The van der Waals surface area contributed by atoms with Crippen molar-refractivity contribution in [1.29, 1.82) is 0 Å². The molecule has 0 spiro atoms. The minimum atomic E-state index is -4.02. The van der Waals surface area contributed by atoms with Crippen molar-refractivity contribution in [2.45, 2.75) is 31.5 Å². The number of aliphatic carboxylic acids is 1. The number of amides is 1. The average Bonchev–Trinajstić information content (AvgIpc) is 4.37. The van der Waals surface area contributed by atoms with Crippen LogP contribution in [-0.2, 0) is 39.3 Å². The molecule has 0 aliphatic heterocycles. The number of H-pyrrole nitrogens is 2. The Morgan fingerprint density at radius 3 is 1.58 bits per heavy atom. The third-order valence-corrected chi connectivity index (χ3v) is 13.7. The maximum absolute atomic E-state index is 12.9. The smallest absolute Gasteiger partial charge is 0.341 e. The van der Waals surface area contributed by atoms with E-state index >= 15 is 0 Å². The van der Waals surface area contributed by atoms with Crippen molar-refractivity contribution in [3.63, 3.8) is 0 Å². The Balaban J connectivity index is 0.000000170. The van der Waals surface area contributed by atoms with Gasteiger partial charge in [-0.2, -0.15) is 18.6 Å². The van der Waals surface area contributed by atoms with Gasteiger partial charge >= 0.3 is 5.97 Å². The van der Waals surface area contributed by atoms with Crippen LogP contribution >= 0.6 is 34.0 Å². The number of aromatic amines is 2. The van der Waals surface area contributed by atoms with Crippen molar-refractivity contribution < 1.29 is 59.8 Å². The van der Waals surface area contributed by atoms with Gasteiger partial charge in [0.1, 0.15) is 52.2 Å². The van der Waals surface area contributed by atoms with E-state index < -0.39 is 22.7 Å². The number of halogens is 3. The third-order valence-electron chi connectivity index (χ3n) is 10.2. The van der Waals surface area contributed by atoms with Crippen LogP contribution in [-0.4, -0.2) is 85.9 Å². The van der Waals surface area contributed by atoms with Gasteiger partial charge in [-0.15, -0.1) is 39.1 Å². The van der Waals surface area contributed by atoms with Crippen LogP contribution in [0.15, 0.2) is 191 Å². The number of hydrogen-bond donors (Lipinski definition) is 6. The summed E-state index contributed by atoms with van der Waals surface area (Å²) in [5, 5.41) is 38.1. The van der Waals surface area contributed by atoms with Crippen LogP contribution in [0.4, 0.5) is 30.6 Å². The standard InChI is InChI=1S/2C16H14FN3O2S.C8H7FO3.C8H9N3S.C7H8O3S/c17-12-3-5-13(6-4-12)22-11-16(21)20-8-7-15(19-20)18-10-14-2-1-9-23-14;17-12-3-5-13(6-4-12)22-11-16(21)20(15-7-8-18-19-15)10-14-2-1-9-23-14;9-6-1-3-7(4-2-6)12-5-8(10)11;1-2-7(12-5-1)6-9-8-3-4-10-11-8;1-6-2-4-7(5-3-6)11(8,9)10/h2*1-9H,10-11H2,(H,18,19);1-4H,5H2,(H,10,11);1-5H,6H2,(H2,9,10,11);2-5H,1H3,(H,8,9,10). The lowest BCUT2D eigenvalue weighted by Crippen LogP contribution is -2.34. The fourth-order valence-corrected chi connectivity index (χ4v) is 8.71. The number of ether oxygens (including phenoxy) is 3. The predicted molar refractivity (Wildman–Crippen MR) is 303 cm³/mol. The Kier molecular flexibility index (Phi) is 24.2. The SMILES string of the molecule is Cc1ccc(S(=O)(=O)O)cc1.O=C(COc1ccc(F)cc1)N(Cc1cccs1)c1ccn[nH]1.O=C(COc1ccc(F)cc1)n1ccc(NCc2cccs2)n1.O=C(O)COc1ccc(F)cc1.c1csc(CNc2ccn[nH]2)c1. The molecule has 422 valence electrons. The summed E-state index contributed by atoms with van der Waals surface area (Å²) in [6.45, 7) is 3.08. The molecule has 0 aliphatic carbocycles. The molecule has 0 aliphatic rings. The van der Waals surface area contributed by atoms with Gasteiger partial charge < -0.3 is 30.0 Å². The summed E-state index contributed by atoms with van der Waals surface area (Å²) in [6.07, 6.45) is 4.90. The Morgan fingerprint density at radius 2 is 1.11 bits per heavy atom. The number of carbonyl (C=O) groups is 3. The minimum absolute atomic E-state index is 0.0666. The molecule has 10 aromatic rings. The van der Waals surface area contributed by atoms with E-state index in [0.29, 0.717) is 42.0 Å². The van der Waals surface area contributed by atoms with Crippen molar-refractivity contribution in [2.75, 3.05) is 35.4 Å². The van der Waals surface area contributed by atoms with E-state index in [0.717, 1.165) is 22.8 Å². The minimum Gasteiger partial charge on any atom is -0.484 e. The number of anilines is 3. The maximum atomic E-state index is 12.9. The number of aromatic nitrogens is 6. The van der Waals surface area contributed by atoms with Crippen LogP contribution in [0.3, 0.4) is 0 Å². The lowest BCUT2D eigenvalue weighted by atomic mass is 10.2. The van der Waals surface area contributed by atoms with Gasteiger partial charge in [-0.3, -0.25) is 29.2 Å². The molecule has 0 unspecified atom stereocenters. The Bertz CT molecular complexity index is 3450. The number of hydrogen-bond acceptors (Lipinski definition) is 16. The lowest BCUT2D eigenvalue weighted by Gasteiger charge is -2.20. The van der Waals surface area contributed by atoms with Gasteiger partial charge in [0, 0.05) is 33.0 Å². The Hall–Kier alpha value is -9.08. The van der Waals surface area contributed by atoms with Crippen molar-refractivity contribution >= 4 is 79.4 Å². The summed E-state index contributed by atoms with van der Waals surface area (Å²) in [4.78, 5) is 39.6. The summed E-state index contributed by atoms with van der Waals surface area (Å²) < 4.78 is 84.2. The van der Waals surface area contributed by atoms with Crippen molar-refractivity contribution in [3.05, 3.63) is 224 Å². The zero-order valence-corrected chi connectivity index (χ0v) is 46.1. The van der Waals surface area contributed by atoms with E-state index in [1.165, 1.54) is 99.4 Å². The molecule has 4 aromatic carbocycles. The van der Waals surface area contributed by atoms with Crippen LogP contribution in [0.2, 0.25) is 0 Å². The highest BCUT2D eigenvalue weighted by atomic mass is 32.2. The summed E-state index contributed by atoms with van der Waals surface area (Å²) in [7, 11) is -4.02. The van der Waals surface area contributed by atoms with E-state index in [9.17, 15) is 36.0 Å². The second-order valence-electron chi connectivity index (χ2n) is 16.3. The molecule has 0 atom stereocenters. The third kappa shape index (κ3) is 22.7. The average molecular weight is 1180 g/mol. The number of aryl methyl sites for hydroxylation is 1. The molecule has 81 heavy (non-hydrogen) atoms. The van der Waals surface area contributed by atoms with E-state index in [1.807, 2.05) is 48.0 Å². The Labute approximate surface area is 475 Å². The maximum Gasteiger partial charge on any atom is 0.341 e. The number of rotatable bonds is 19. The first kappa shape index (κ1) is 61.1. The summed E-state index contributed by atoms with van der Waals surface area (Å²) >= 11 is 4.97. The fraction of sp³-hybridized carbons (Fsp3) is 0.127. The molecular formula is C55H52F3N9O10S4. The second kappa shape index (κ2) is 32.1. The molecule has 19 nitrogen and oxygen atoms in total. The van der Waals surface area contributed by atoms with Gasteiger partial charge in [0.15, 0.2) is 19.8 Å². The van der Waals surface area contributed by atoms with Crippen LogP contribution in [0.1, 0.15) is 25.0 Å². The quantitative estimate of drug-likeness (QED) is 0.0412. The van der Waals surface area contributed by atoms with Crippen LogP contribution in [0.25, 0.3) is 0 Å². The first-order valence-electron chi connectivity index (χ1n) is 23.9. The molecule has 6 aromatic heterocycles. The molecule has 0 radical (unpaired) electrons. The number of carboxylic acids is 1. The van der Waals surface area contributed by atoms with Crippen molar-refractivity contribution in [2.24, 2.45) is 0 Å². The Morgan fingerprint density at radius 1 is 0.617 bits per heavy atom. The highest BCUT2D eigenvalue weighted by Crippen LogP contribution is 2.20. The number of nitrogens with one attached hydrogen (secondary N) is 4. The number of benzene rings is 4. The molecule has 0 saturated heterocycles. The van der Waals surface area contributed by atoms with Gasteiger partial charge in [0.05, 0.1) is 36.9 Å². The van der Waals surface area contributed by atoms with E-state index in [2.05, 4.69) is 53.6 Å². The first-order chi connectivity index (χ1) is 39.1. The summed E-state index contributed by atoms with van der Waals surface area (Å²) in [5.74, 6) is 0.755. The fourth-order valence-electron chi connectivity index (χ4n) is 6.24. The predicted octanol–water partition coefficient (Wildman–Crippen LogP) is 11.3. The van der Waals surface area contributed by atoms with Gasteiger partial charge in [-0.1, -0.05) is 35.9 Å². The summed E-state index contributed by atoms with van der Waals surface area (Å²) in [6, 6.07) is 39.6. The lowest BCUT2D eigenvalue weighted by molar-refractivity contribution is -0.139. The van der Waals surface area contributed by atoms with Crippen LogP contribution < -0.4 is 29.7 Å². The van der Waals surface area contributed by atoms with E-state index in [-0.39, 0.29) is 47.4 Å². The largest absolute Gasteiger partial charge is 0.484 e. The number of carboxylic acid groups (broad SMARTS) is 1. The zero-order chi connectivity index (χ0) is 57.8. The van der Waals surface area contributed by atoms with Crippen LogP contribution in [0, 0.1) is 24.4 Å².